The number of nitrogens with two attached hydrogens (primary N) is 1. The molecular formula is C9H21N5O. The van der Waals surface area contributed by atoms with E-state index < -0.39 is 0 Å². The lowest BCUT2D eigenvalue weighted by atomic mass is 10.5. The maximum atomic E-state index is 11.4. The summed E-state index contributed by atoms with van der Waals surface area (Å²) in [6.07, 6.45) is 0.976. The van der Waals surface area contributed by atoms with Crippen molar-refractivity contribution in [3.63, 3.8) is 0 Å². The van der Waals surface area contributed by atoms with Gasteiger partial charge in [0.25, 0.3) is 0 Å². The predicted octanol–water partition coefficient (Wildman–Crippen LogP) is -0.716. The highest BCUT2D eigenvalue weighted by Crippen LogP contribution is 1.84. The minimum atomic E-state index is -0.0245. The van der Waals surface area contributed by atoms with Crippen LogP contribution >= 0.6 is 0 Å². The molecule has 0 aliphatic carbocycles. The van der Waals surface area contributed by atoms with Crippen molar-refractivity contribution in [1.82, 2.24) is 15.6 Å². The number of hydrazine groups is 1. The average molecular weight is 215 g/mol. The highest BCUT2D eigenvalue weighted by Gasteiger charge is 2.05. The first-order valence-electron chi connectivity index (χ1n) is 5.14. The van der Waals surface area contributed by atoms with Crippen LogP contribution in [-0.4, -0.2) is 43.4 Å². The number of nitrogens with one attached hydrogen (secondary N) is 2. The third kappa shape index (κ3) is 5.90. The van der Waals surface area contributed by atoms with Crippen molar-refractivity contribution in [2.24, 2.45) is 10.8 Å². The second-order valence-corrected chi connectivity index (χ2v) is 3.14. The third-order valence-electron chi connectivity index (χ3n) is 1.95. The Bertz CT molecular complexity index is 217. The van der Waals surface area contributed by atoms with E-state index in [4.69, 9.17) is 5.84 Å². The van der Waals surface area contributed by atoms with Crippen LogP contribution in [0.25, 0.3) is 0 Å². The maximum absolute atomic E-state index is 11.4. The molecule has 0 aliphatic heterocycles. The van der Waals surface area contributed by atoms with Crippen molar-refractivity contribution in [3.05, 3.63) is 0 Å². The summed E-state index contributed by atoms with van der Waals surface area (Å²) in [7, 11) is 1.74. The molecule has 0 aliphatic rings. The lowest BCUT2D eigenvalue weighted by Gasteiger charge is -2.13. The number of likely N-dealkylation sites (N-methyl/N-ethyl adjacent to an activating group) is 1. The van der Waals surface area contributed by atoms with Crippen LogP contribution in [0, 0.1) is 0 Å². The summed E-state index contributed by atoms with van der Waals surface area (Å²) < 4.78 is 0. The molecule has 6 heteroatoms. The van der Waals surface area contributed by atoms with Gasteiger partial charge >= 0.3 is 0 Å². The van der Waals surface area contributed by atoms with Gasteiger partial charge in [-0.15, -0.1) is 0 Å². The van der Waals surface area contributed by atoms with E-state index in [0.29, 0.717) is 12.5 Å². The molecule has 0 radical (unpaired) electrons. The molecule has 0 unspecified atom stereocenters. The van der Waals surface area contributed by atoms with Crippen LogP contribution in [0.4, 0.5) is 0 Å². The molecule has 0 aromatic carbocycles. The molecule has 0 atom stereocenters. The van der Waals surface area contributed by atoms with Crippen molar-refractivity contribution in [3.8, 4) is 0 Å². The number of carbonyl (C=O) groups excluding carboxylic acids is 1. The number of aliphatic imine (C=N–C) groups is 1. The standard InChI is InChI=1S/C9H21N5O/c1-4-6-11-9(13-10)12-7-8(15)14(3)5-2/h4-7,10H2,1-3H3,(H2,11,12,13). The molecule has 0 saturated heterocycles. The summed E-state index contributed by atoms with van der Waals surface area (Å²) in [6, 6.07) is 0. The minimum absolute atomic E-state index is 0.0245. The van der Waals surface area contributed by atoms with Gasteiger partial charge in [-0.05, 0) is 13.3 Å². The maximum Gasteiger partial charge on any atom is 0.244 e. The number of amides is 1. The smallest absolute Gasteiger partial charge is 0.244 e. The quantitative estimate of drug-likeness (QED) is 0.245. The van der Waals surface area contributed by atoms with Crippen LogP contribution in [0.3, 0.4) is 0 Å². The summed E-state index contributed by atoms with van der Waals surface area (Å²) in [4.78, 5) is 17.0. The van der Waals surface area contributed by atoms with Crippen molar-refractivity contribution in [2.45, 2.75) is 20.3 Å². The van der Waals surface area contributed by atoms with E-state index in [-0.39, 0.29) is 12.5 Å². The Morgan fingerprint density at radius 2 is 2.13 bits per heavy atom. The SMILES string of the molecule is CCCNC(=NCC(=O)N(C)CC)NN. The average Bonchev–Trinajstić information content (AvgIpc) is 2.27. The molecule has 88 valence electrons. The monoisotopic (exact) mass is 215 g/mol. The van der Waals surface area contributed by atoms with Crippen molar-refractivity contribution in [2.75, 3.05) is 26.7 Å². The van der Waals surface area contributed by atoms with Crippen molar-refractivity contribution >= 4 is 11.9 Å². The van der Waals surface area contributed by atoms with E-state index in [1.807, 2.05) is 13.8 Å². The molecule has 6 nitrogen and oxygen atoms in total. The van der Waals surface area contributed by atoms with Gasteiger partial charge in [0.2, 0.25) is 11.9 Å². The van der Waals surface area contributed by atoms with Crippen LogP contribution in [0.2, 0.25) is 0 Å². The largest absolute Gasteiger partial charge is 0.355 e. The minimum Gasteiger partial charge on any atom is -0.355 e. The Morgan fingerprint density at radius 3 is 2.60 bits per heavy atom. The van der Waals surface area contributed by atoms with E-state index >= 15 is 0 Å². The first kappa shape index (κ1) is 13.7. The van der Waals surface area contributed by atoms with E-state index in [1.165, 1.54) is 0 Å². The van der Waals surface area contributed by atoms with Gasteiger partial charge in [0.15, 0.2) is 0 Å². The van der Waals surface area contributed by atoms with E-state index in [1.54, 1.807) is 11.9 Å². The van der Waals surface area contributed by atoms with Gasteiger partial charge < -0.3 is 10.2 Å². The lowest BCUT2D eigenvalue weighted by Crippen LogP contribution is -2.42. The molecule has 0 aromatic rings. The van der Waals surface area contributed by atoms with E-state index in [0.717, 1.165) is 13.0 Å². The first-order valence-corrected chi connectivity index (χ1v) is 5.14. The number of carbonyl (C=O) groups is 1. The molecule has 1 amide bonds. The van der Waals surface area contributed by atoms with Gasteiger partial charge in [0, 0.05) is 20.1 Å². The number of hydrogen-bond donors (Lipinski definition) is 3. The second kappa shape index (κ2) is 8.05. The molecule has 0 spiro atoms. The fraction of sp³-hybridized carbons (Fsp3) is 0.778. The lowest BCUT2D eigenvalue weighted by molar-refractivity contribution is -0.128. The molecular weight excluding hydrogens is 194 g/mol. The van der Waals surface area contributed by atoms with E-state index in [2.05, 4.69) is 15.7 Å². The second-order valence-electron chi connectivity index (χ2n) is 3.14. The Hall–Kier alpha value is -1.30. The van der Waals surface area contributed by atoms with Crippen LogP contribution in [0.5, 0.6) is 0 Å². The highest BCUT2D eigenvalue weighted by molar-refractivity contribution is 5.84. The third-order valence-corrected chi connectivity index (χ3v) is 1.95. The van der Waals surface area contributed by atoms with Gasteiger partial charge in [-0.2, -0.15) is 0 Å². The fourth-order valence-corrected chi connectivity index (χ4v) is 0.840. The summed E-state index contributed by atoms with van der Waals surface area (Å²) >= 11 is 0. The summed E-state index contributed by atoms with van der Waals surface area (Å²) in [5, 5.41) is 2.97. The number of guanidine groups is 1. The molecule has 0 rings (SSSR count). The van der Waals surface area contributed by atoms with Gasteiger partial charge in [-0.1, -0.05) is 6.92 Å². The Balaban J connectivity index is 4.04. The number of hydrogen-bond acceptors (Lipinski definition) is 3. The summed E-state index contributed by atoms with van der Waals surface area (Å²) in [5.41, 5.74) is 2.42. The number of rotatable bonds is 5. The topological polar surface area (TPSA) is 82.8 Å². The molecule has 0 saturated carbocycles. The fourth-order valence-electron chi connectivity index (χ4n) is 0.840. The summed E-state index contributed by atoms with van der Waals surface area (Å²) in [5.74, 6) is 5.67. The van der Waals surface area contributed by atoms with Gasteiger partial charge in [-0.25, -0.2) is 10.8 Å². The Labute approximate surface area is 90.9 Å². The van der Waals surface area contributed by atoms with Gasteiger partial charge in [0.1, 0.15) is 6.54 Å². The predicted molar refractivity (Wildman–Crippen MR) is 61.2 cm³/mol. The molecule has 0 heterocycles. The van der Waals surface area contributed by atoms with Crippen LogP contribution < -0.4 is 16.6 Å². The van der Waals surface area contributed by atoms with Crippen molar-refractivity contribution < 1.29 is 4.79 Å². The van der Waals surface area contributed by atoms with Crippen LogP contribution in [0.15, 0.2) is 4.99 Å². The van der Waals surface area contributed by atoms with Crippen LogP contribution in [-0.2, 0) is 4.79 Å². The normalized spacial score (nSPS) is 11.1. The summed E-state index contributed by atoms with van der Waals surface area (Å²) in [6.45, 7) is 5.53. The molecule has 0 aromatic heterocycles. The zero-order valence-electron chi connectivity index (χ0n) is 9.71. The molecule has 0 fully saturated rings. The first-order chi connectivity index (χ1) is 7.15. The van der Waals surface area contributed by atoms with Crippen molar-refractivity contribution in [1.29, 1.82) is 0 Å². The van der Waals surface area contributed by atoms with E-state index in [9.17, 15) is 4.79 Å². The zero-order valence-corrected chi connectivity index (χ0v) is 9.71. The zero-order chi connectivity index (χ0) is 11.7. The Kier molecular flexibility index (Phi) is 7.35. The highest BCUT2D eigenvalue weighted by atomic mass is 16.2. The van der Waals surface area contributed by atoms with Gasteiger partial charge in [0.05, 0.1) is 0 Å². The van der Waals surface area contributed by atoms with Crippen LogP contribution in [0.1, 0.15) is 20.3 Å². The Morgan fingerprint density at radius 1 is 1.47 bits per heavy atom. The molecule has 0 bridgehead atoms. The molecule has 4 N–H and O–H groups in total. The number of nitrogens with zero attached hydrogens (tertiary/aromatic N) is 2. The molecule has 15 heavy (non-hydrogen) atoms. The van der Waals surface area contributed by atoms with Gasteiger partial charge in [-0.3, -0.25) is 10.2 Å².